The molecule has 1 aliphatic heterocycles. The van der Waals surface area contributed by atoms with E-state index in [1.807, 2.05) is 18.2 Å². The lowest BCUT2D eigenvalue weighted by atomic mass is 10.0. The molecule has 7 heteroatoms. The number of ketones is 1. The van der Waals surface area contributed by atoms with Crippen LogP contribution in [0.1, 0.15) is 28.8 Å². The molecule has 31 heavy (non-hydrogen) atoms. The third kappa shape index (κ3) is 4.88. The van der Waals surface area contributed by atoms with Crippen molar-refractivity contribution in [1.82, 2.24) is 15.3 Å². The molecular weight excluding hydrogens is 394 g/mol. The van der Waals surface area contributed by atoms with Crippen molar-refractivity contribution in [3.05, 3.63) is 72.3 Å². The van der Waals surface area contributed by atoms with Crippen LogP contribution in [0, 0.1) is 0 Å². The van der Waals surface area contributed by atoms with Gasteiger partial charge < -0.3 is 14.8 Å². The van der Waals surface area contributed by atoms with Crippen LogP contribution < -0.4 is 14.8 Å². The van der Waals surface area contributed by atoms with E-state index in [9.17, 15) is 9.59 Å². The van der Waals surface area contributed by atoms with Crippen molar-refractivity contribution in [2.75, 3.05) is 13.7 Å². The van der Waals surface area contributed by atoms with Crippen molar-refractivity contribution in [2.24, 2.45) is 0 Å². The van der Waals surface area contributed by atoms with E-state index in [-0.39, 0.29) is 30.6 Å². The number of nitrogens with zero attached hydrogens (tertiary/aromatic N) is 2. The van der Waals surface area contributed by atoms with E-state index in [1.54, 1.807) is 43.8 Å². The molecule has 0 spiro atoms. The maximum absolute atomic E-state index is 12.3. The van der Waals surface area contributed by atoms with E-state index in [0.717, 1.165) is 22.4 Å². The number of hydrogen-bond donors (Lipinski definition) is 1. The smallest absolute Gasteiger partial charge is 0.220 e. The minimum Gasteiger partial charge on any atom is -0.497 e. The molecule has 4 rings (SSSR count). The third-order valence-electron chi connectivity index (χ3n) is 5.22. The Balaban J connectivity index is 1.28. The van der Waals surface area contributed by atoms with E-state index in [2.05, 4.69) is 15.3 Å². The Bertz CT molecular complexity index is 1070. The van der Waals surface area contributed by atoms with Crippen LogP contribution in [0.15, 0.2) is 61.2 Å². The Morgan fingerprint density at radius 2 is 1.87 bits per heavy atom. The fourth-order valence-electron chi connectivity index (χ4n) is 3.58. The van der Waals surface area contributed by atoms with Crippen molar-refractivity contribution in [3.8, 4) is 22.6 Å². The van der Waals surface area contributed by atoms with Crippen molar-refractivity contribution >= 4 is 11.7 Å². The van der Waals surface area contributed by atoms with Crippen LogP contribution in [-0.4, -0.2) is 41.4 Å². The Morgan fingerprint density at radius 3 is 2.61 bits per heavy atom. The quantitative estimate of drug-likeness (QED) is 0.566. The number of benzene rings is 2. The third-order valence-corrected chi connectivity index (χ3v) is 5.22. The number of carbonyl (C=O) groups excluding carboxylic acids is 2. The minimum atomic E-state index is -0.168. The normalized spacial score (nSPS) is 14.4. The Hall–Kier alpha value is -3.74. The number of hydrogen-bond acceptors (Lipinski definition) is 6. The van der Waals surface area contributed by atoms with Gasteiger partial charge in [-0.1, -0.05) is 18.2 Å². The molecule has 2 aromatic carbocycles. The zero-order valence-electron chi connectivity index (χ0n) is 17.2. The molecule has 0 saturated heterocycles. The first-order valence-electron chi connectivity index (χ1n) is 10.1. The van der Waals surface area contributed by atoms with Crippen molar-refractivity contribution < 1.29 is 19.1 Å². The summed E-state index contributed by atoms with van der Waals surface area (Å²) in [4.78, 5) is 32.7. The molecule has 3 aromatic rings. The summed E-state index contributed by atoms with van der Waals surface area (Å²) in [5, 5.41) is 2.88. The van der Waals surface area contributed by atoms with Crippen molar-refractivity contribution in [3.63, 3.8) is 0 Å². The molecule has 0 fully saturated rings. The predicted octanol–water partition coefficient (Wildman–Crippen LogP) is 3.24. The summed E-state index contributed by atoms with van der Waals surface area (Å²) in [6.07, 6.45) is 5.84. The first-order valence-corrected chi connectivity index (χ1v) is 10.1. The summed E-state index contributed by atoms with van der Waals surface area (Å²) >= 11 is 0. The molecule has 1 N–H and O–H groups in total. The average Bonchev–Trinajstić information content (AvgIpc) is 3.25. The second-order valence-corrected chi connectivity index (χ2v) is 7.32. The maximum atomic E-state index is 12.3. The van der Waals surface area contributed by atoms with Gasteiger partial charge in [0.25, 0.3) is 0 Å². The van der Waals surface area contributed by atoms with Gasteiger partial charge in [0.15, 0.2) is 5.78 Å². The van der Waals surface area contributed by atoms with E-state index in [0.29, 0.717) is 24.3 Å². The molecule has 0 bridgehead atoms. The SMILES string of the molecule is COc1ccc(C(=O)CCC(=O)NC[C@H]2Cc3cccc(-c4cncnc4)c3O2)cc1. The van der Waals surface area contributed by atoms with Crippen molar-refractivity contribution in [2.45, 2.75) is 25.4 Å². The molecule has 0 radical (unpaired) electrons. The zero-order valence-corrected chi connectivity index (χ0v) is 17.2. The van der Waals surface area contributed by atoms with Crippen LogP contribution in [0.5, 0.6) is 11.5 Å². The van der Waals surface area contributed by atoms with Gasteiger partial charge in [-0.05, 0) is 29.8 Å². The standard InChI is InChI=1S/C24H23N3O4/c1-30-19-7-5-16(6-8-19)22(28)9-10-23(29)27-14-20-11-17-3-2-4-21(24(17)31-20)18-12-25-15-26-13-18/h2-8,12-13,15,20H,9-11,14H2,1H3,(H,27,29)/t20-/m1/s1. The summed E-state index contributed by atoms with van der Waals surface area (Å²) in [6, 6.07) is 12.9. The summed E-state index contributed by atoms with van der Waals surface area (Å²) in [7, 11) is 1.57. The van der Waals surface area contributed by atoms with Gasteiger partial charge in [-0.25, -0.2) is 9.97 Å². The lowest BCUT2D eigenvalue weighted by molar-refractivity contribution is -0.121. The number of para-hydroxylation sites is 1. The molecule has 2 heterocycles. The van der Waals surface area contributed by atoms with E-state index < -0.39 is 0 Å². The number of amides is 1. The van der Waals surface area contributed by atoms with Crippen LogP contribution in [-0.2, 0) is 11.2 Å². The highest BCUT2D eigenvalue weighted by molar-refractivity contribution is 5.98. The van der Waals surface area contributed by atoms with Gasteiger partial charge in [0.2, 0.25) is 5.91 Å². The molecule has 0 unspecified atom stereocenters. The number of aromatic nitrogens is 2. The summed E-state index contributed by atoms with van der Waals surface area (Å²) < 4.78 is 11.2. The van der Waals surface area contributed by atoms with Crippen LogP contribution in [0.3, 0.4) is 0 Å². The fourth-order valence-corrected chi connectivity index (χ4v) is 3.58. The summed E-state index contributed by atoms with van der Waals surface area (Å²) in [5.41, 5.74) is 3.49. The van der Waals surface area contributed by atoms with E-state index >= 15 is 0 Å². The fraction of sp³-hybridized carbons (Fsp3) is 0.250. The zero-order chi connectivity index (χ0) is 21.6. The highest BCUT2D eigenvalue weighted by Crippen LogP contribution is 2.38. The number of nitrogens with one attached hydrogen (secondary N) is 1. The predicted molar refractivity (Wildman–Crippen MR) is 115 cm³/mol. The monoisotopic (exact) mass is 417 g/mol. The van der Waals surface area contributed by atoms with Gasteiger partial charge >= 0.3 is 0 Å². The van der Waals surface area contributed by atoms with Gasteiger partial charge in [0.05, 0.1) is 13.7 Å². The number of Topliss-reactive ketones (excluding diaryl/α,β-unsaturated/α-hetero) is 1. The average molecular weight is 417 g/mol. The van der Waals surface area contributed by atoms with E-state index in [1.165, 1.54) is 6.33 Å². The number of ether oxygens (including phenoxy) is 2. The number of fused-ring (bicyclic) bond motifs is 1. The molecule has 0 saturated carbocycles. The first-order chi connectivity index (χ1) is 15.1. The van der Waals surface area contributed by atoms with Gasteiger partial charge in [-0.15, -0.1) is 0 Å². The minimum absolute atomic E-state index is 0.0722. The highest BCUT2D eigenvalue weighted by atomic mass is 16.5. The highest BCUT2D eigenvalue weighted by Gasteiger charge is 2.26. The molecule has 0 aliphatic carbocycles. The van der Waals surface area contributed by atoms with Crippen LogP contribution in [0.2, 0.25) is 0 Å². The Morgan fingerprint density at radius 1 is 1.10 bits per heavy atom. The molecule has 1 aliphatic rings. The molecule has 158 valence electrons. The second kappa shape index (κ2) is 9.38. The van der Waals surface area contributed by atoms with Crippen molar-refractivity contribution in [1.29, 1.82) is 0 Å². The van der Waals surface area contributed by atoms with Gasteiger partial charge in [-0.2, -0.15) is 0 Å². The van der Waals surface area contributed by atoms with Gasteiger partial charge in [-0.3, -0.25) is 9.59 Å². The second-order valence-electron chi connectivity index (χ2n) is 7.32. The molecule has 7 nitrogen and oxygen atoms in total. The van der Waals surface area contributed by atoms with Crippen LogP contribution >= 0.6 is 0 Å². The largest absolute Gasteiger partial charge is 0.497 e. The molecule has 1 atom stereocenters. The Labute approximate surface area is 180 Å². The topological polar surface area (TPSA) is 90.4 Å². The lowest BCUT2D eigenvalue weighted by Gasteiger charge is -2.13. The molecule has 1 aromatic heterocycles. The maximum Gasteiger partial charge on any atom is 0.220 e. The van der Waals surface area contributed by atoms with Crippen LogP contribution in [0.25, 0.3) is 11.1 Å². The van der Waals surface area contributed by atoms with E-state index in [4.69, 9.17) is 9.47 Å². The lowest BCUT2D eigenvalue weighted by Crippen LogP contribution is -2.34. The molecular formula is C24H23N3O4. The van der Waals surface area contributed by atoms with Crippen LogP contribution in [0.4, 0.5) is 0 Å². The Kier molecular flexibility index (Phi) is 6.21. The number of carbonyl (C=O) groups is 2. The number of rotatable bonds is 8. The first kappa shape index (κ1) is 20.5. The summed E-state index contributed by atoms with van der Waals surface area (Å²) in [5.74, 6) is 1.26. The van der Waals surface area contributed by atoms with Gasteiger partial charge in [0.1, 0.15) is 23.9 Å². The number of methoxy groups -OCH3 is 1. The van der Waals surface area contributed by atoms with Gasteiger partial charge in [0, 0.05) is 48.3 Å². The summed E-state index contributed by atoms with van der Waals surface area (Å²) in [6.45, 7) is 0.384. The molecule has 1 amide bonds.